The van der Waals surface area contributed by atoms with Gasteiger partial charge in [0.25, 0.3) is 11.7 Å². The molecule has 6 N–H and O–H groups in total. The topological polar surface area (TPSA) is 273 Å². The zero-order valence-corrected chi connectivity index (χ0v) is 44.2. The number of methoxy groups -OCH3 is 2. The van der Waals surface area contributed by atoms with Gasteiger partial charge in [-0.3, -0.25) is 24.0 Å². The normalized spacial score (nSPS) is 39.8. The van der Waals surface area contributed by atoms with E-state index >= 15 is 0 Å². The zero-order chi connectivity index (χ0) is 54.1. The number of hydrogen-bond donors (Lipinski definition) is 6. The third-order valence-corrected chi connectivity index (χ3v) is 16.7. The molecule has 17 atom stereocenters. The number of nitrogens with zero attached hydrogens (tertiary/aromatic N) is 1. The fourth-order valence-corrected chi connectivity index (χ4v) is 11.6. The van der Waals surface area contributed by atoms with Crippen LogP contribution >= 0.6 is 0 Å². The van der Waals surface area contributed by atoms with Gasteiger partial charge in [-0.25, -0.2) is 4.79 Å². The van der Waals surface area contributed by atoms with Crippen molar-refractivity contribution >= 4 is 35.2 Å². The quantitative estimate of drug-likeness (QED) is 0.110. The fourth-order valence-electron chi connectivity index (χ4n) is 11.6. The van der Waals surface area contributed by atoms with E-state index in [-0.39, 0.29) is 36.7 Å². The molecule has 4 heterocycles. The van der Waals surface area contributed by atoms with Gasteiger partial charge in [0.05, 0.1) is 56.3 Å². The first-order valence-electron chi connectivity index (χ1n) is 26.2. The van der Waals surface area contributed by atoms with E-state index in [0.717, 1.165) is 5.57 Å². The second-order valence-corrected chi connectivity index (χ2v) is 21.9. The van der Waals surface area contributed by atoms with Crippen LogP contribution in [0.15, 0.2) is 47.6 Å². The molecule has 4 aliphatic heterocycles. The molecule has 73 heavy (non-hydrogen) atoms. The molecule has 3 saturated heterocycles. The largest absolute Gasteiger partial charge is 0.460 e. The number of Topliss-reactive ketones (excluding diaryl/α,β-unsaturated/α-hetero) is 3. The molecular weight excluding hydrogens is 947 g/mol. The van der Waals surface area contributed by atoms with Crippen LogP contribution < -0.4 is 0 Å². The number of aliphatic hydroxyl groups is 6. The van der Waals surface area contributed by atoms with E-state index < -0.39 is 151 Å². The molecule has 3 unspecified atom stereocenters. The molecule has 0 aromatic heterocycles. The molecule has 0 radical (unpaired) electrons. The molecule has 18 nitrogen and oxygen atoms in total. The number of carbonyl (C=O) groups excluding carboxylic acids is 6. The van der Waals surface area contributed by atoms with Gasteiger partial charge in [-0.2, -0.15) is 0 Å². The number of aliphatic hydroxyl groups excluding tert-OH is 5. The number of allylic oxidation sites excluding steroid dienone is 5. The highest BCUT2D eigenvalue weighted by molar-refractivity contribution is 6.39. The number of fused-ring (bicyclic) bond motifs is 3. The second-order valence-electron chi connectivity index (χ2n) is 21.9. The van der Waals surface area contributed by atoms with Crippen LogP contribution in [-0.4, -0.2) is 166 Å². The molecule has 1 aliphatic carbocycles. The Kier molecular flexibility index (Phi) is 21.5. The van der Waals surface area contributed by atoms with Crippen molar-refractivity contribution in [3.8, 4) is 0 Å². The summed E-state index contributed by atoms with van der Waals surface area (Å²) in [6.45, 7) is 9.37. The Balaban J connectivity index is 1.52. The van der Waals surface area contributed by atoms with Crippen molar-refractivity contribution in [2.24, 2.45) is 52.8 Å². The second kappa shape index (κ2) is 26.2. The lowest BCUT2D eigenvalue weighted by Crippen LogP contribution is -2.65. The van der Waals surface area contributed by atoms with E-state index in [1.54, 1.807) is 52.0 Å². The van der Waals surface area contributed by atoms with Gasteiger partial charge in [-0.15, -0.1) is 0 Å². The molecule has 410 valence electrons. The van der Waals surface area contributed by atoms with Gasteiger partial charge < -0.3 is 59.2 Å². The maximum absolute atomic E-state index is 14.6. The lowest BCUT2D eigenvalue weighted by Gasteiger charge is -2.50. The Morgan fingerprint density at radius 3 is 2.22 bits per heavy atom. The van der Waals surface area contributed by atoms with E-state index in [4.69, 9.17) is 23.7 Å². The zero-order valence-electron chi connectivity index (χ0n) is 44.2. The summed E-state index contributed by atoms with van der Waals surface area (Å²) in [5, 5.41) is 64.9. The lowest BCUT2D eigenvalue weighted by molar-refractivity contribution is -0.266. The first kappa shape index (κ1) is 59.9. The van der Waals surface area contributed by atoms with Crippen molar-refractivity contribution in [3.05, 3.63) is 47.6 Å². The van der Waals surface area contributed by atoms with Crippen LogP contribution in [0.25, 0.3) is 0 Å². The van der Waals surface area contributed by atoms with Crippen molar-refractivity contribution in [1.82, 2.24) is 4.90 Å². The molecule has 6 bridgehead atoms. The summed E-state index contributed by atoms with van der Waals surface area (Å²) < 4.78 is 29.8. The maximum atomic E-state index is 14.6. The number of piperidine rings is 1. The highest BCUT2D eigenvalue weighted by Crippen LogP contribution is 2.46. The molecule has 5 rings (SSSR count). The van der Waals surface area contributed by atoms with Gasteiger partial charge in [0, 0.05) is 63.2 Å². The monoisotopic (exact) mass is 1030 g/mol. The molecule has 1 saturated carbocycles. The van der Waals surface area contributed by atoms with Crippen molar-refractivity contribution in [2.45, 2.75) is 167 Å². The lowest BCUT2D eigenvalue weighted by atomic mass is 9.68. The molecule has 1 amide bonds. The SMILES string of the molecule is CO[C@H]1CC2CC[C@@H](C)[C@@](O)(O2)C(=O)C(=O)N2CCCC3[C@H]2C(=O)O[C@@H](CC(=O)[C@H](C)/C=C(\C)[C@@H](O)[C@@H](CO)C(=O)[C@H](C)C(O)[C@H](C)/C=C/C=C/C=C1C)[C@H]3C[C@@H]1CC[C@@H](OC(=O)C(C)(CO)CO)[C@H](OC)C1. The number of rotatable bonds is 9. The Morgan fingerprint density at radius 2 is 1.58 bits per heavy atom. The van der Waals surface area contributed by atoms with Crippen molar-refractivity contribution in [2.75, 3.05) is 40.6 Å². The highest BCUT2D eigenvalue weighted by atomic mass is 16.6. The van der Waals surface area contributed by atoms with Gasteiger partial charge in [-0.05, 0) is 95.1 Å². The third-order valence-electron chi connectivity index (χ3n) is 16.7. The molecule has 0 spiro atoms. The summed E-state index contributed by atoms with van der Waals surface area (Å²) in [7, 11) is 3.02. The smallest absolute Gasteiger partial charge is 0.329 e. The molecule has 5 aliphatic rings. The number of ketones is 3. The number of carbonyl (C=O) groups is 6. The minimum absolute atomic E-state index is 0.0176. The predicted molar refractivity (Wildman–Crippen MR) is 266 cm³/mol. The predicted octanol–water partition coefficient (Wildman–Crippen LogP) is 3.51. The number of amides is 1. The Bertz CT molecular complexity index is 2080. The van der Waals surface area contributed by atoms with E-state index in [9.17, 15) is 59.4 Å². The van der Waals surface area contributed by atoms with Crippen LogP contribution in [0.3, 0.4) is 0 Å². The number of esters is 2. The van der Waals surface area contributed by atoms with E-state index in [1.165, 1.54) is 39.0 Å². The average Bonchev–Trinajstić information content (AvgIpc) is 3.38. The minimum atomic E-state index is -2.51. The summed E-state index contributed by atoms with van der Waals surface area (Å²) in [6.07, 6.45) is 7.44. The summed E-state index contributed by atoms with van der Waals surface area (Å²) in [5.41, 5.74) is -0.483. The van der Waals surface area contributed by atoms with Crippen molar-refractivity contribution < 1.29 is 83.1 Å². The van der Waals surface area contributed by atoms with E-state index in [0.29, 0.717) is 51.4 Å². The maximum Gasteiger partial charge on any atom is 0.329 e. The first-order valence-corrected chi connectivity index (χ1v) is 26.2. The van der Waals surface area contributed by atoms with Crippen LogP contribution in [0.1, 0.15) is 113 Å². The van der Waals surface area contributed by atoms with E-state index in [2.05, 4.69) is 0 Å². The standard InChI is InChI=1S/C55H83NO17/c1-30-14-11-10-12-15-31(2)47(61)35(6)49(63)40(27-57)48(62)33(4)22-32(3)41(60)26-44-39(23-36-18-20-42(45(24-36)70-9)72-53(67)54(7,28-58)29-59)38-16-13-21-56(46(38)52(66)71-44)51(65)50(64)55(68)34(5)17-19-37(73-55)25-43(30)69-8/h10-12,14-15,22,31-32,34-40,42-48,57-59,61-62,68H,13,16-21,23-29H2,1-9H3/b11-10+,15-12+,30-14?,33-22+/t31-,32-,34-,35-,36+,37?,38?,39+,40-,42-,43+,44+,45-,46+,47?,48-,55-/m1/s1. The van der Waals surface area contributed by atoms with E-state index in [1.807, 2.05) is 13.0 Å². The summed E-state index contributed by atoms with van der Waals surface area (Å²) >= 11 is 0. The van der Waals surface area contributed by atoms with Gasteiger partial charge in [0.2, 0.25) is 5.79 Å². The minimum Gasteiger partial charge on any atom is -0.460 e. The highest BCUT2D eigenvalue weighted by Gasteiger charge is 2.57. The van der Waals surface area contributed by atoms with Crippen LogP contribution in [0.2, 0.25) is 0 Å². The van der Waals surface area contributed by atoms with Crippen LogP contribution in [0, 0.1) is 52.8 Å². The van der Waals surface area contributed by atoms with Gasteiger partial charge in [0.1, 0.15) is 35.2 Å². The van der Waals surface area contributed by atoms with Crippen LogP contribution in [0.5, 0.6) is 0 Å². The molecule has 4 fully saturated rings. The Morgan fingerprint density at radius 1 is 0.877 bits per heavy atom. The summed E-state index contributed by atoms with van der Waals surface area (Å²) in [5.74, 6) is -13.0. The third kappa shape index (κ3) is 13.7. The number of hydrogen-bond acceptors (Lipinski definition) is 17. The molecule has 0 aromatic carbocycles. The molecular formula is C55H83NO17. The summed E-state index contributed by atoms with van der Waals surface area (Å²) in [6, 6.07) is -1.24. The Hall–Kier alpha value is -3.98. The average molecular weight is 1030 g/mol. The van der Waals surface area contributed by atoms with Crippen LogP contribution in [-0.2, 0) is 52.5 Å². The van der Waals surface area contributed by atoms with Gasteiger partial charge >= 0.3 is 11.9 Å². The van der Waals surface area contributed by atoms with Gasteiger partial charge in [-0.1, -0.05) is 64.2 Å². The van der Waals surface area contributed by atoms with Gasteiger partial charge in [0.15, 0.2) is 0 Å². The van der Waals surface area contributed by atoms with Crippen molar-refractivity contribution in [1.29, 1.82) is 0 Å². The van der Waals surface area contributed by atoms with Crippen LogP contribution in [0.4, 0.5) is 0 Å². The Labute approximate surface area is 430 Å². The number of ether oxygens (including phenoxy) is 5. The molecule has 18 heteroatoms. The summed E-state index contributed by atoms with van der Waals surface area (Å²) in [4.78, 5) is 85.8. The van der Waals surface area contributed by atoms with Crippen molar-refractivity contribution in [3.63, 3.8) is 0 Å². The fraction of sp³-hybridized carbons (Fsp3) is 0.745. The molecule has 0 aromatic rings. The first-order chi connectivity index (χ1) is 34.5.